The number of nitrogens with one attached hydrogen (secondary N) is 1. The van der Waals surface area contributed by atoms with Crippen LogP contribution < -0.4 is 14.8 Å². The van der Waals surface area contributed by atoms with Crippen molar-refractivity contribution in [2.24, 2.45) is 0 Å². The zero-order valence-electron chi connectivity index (χ0n) is 19.1. The van der Waals surface area contributed by atoms with Gasteiger partial charge in [-0.05, 0) is 72.7 Å². The first-order chi connectivity index (χ1) is 16.2. The molecule has 0 saturated heterocycles. The molecule has 3 aromatic carbocycles. The number of aromatic nitrogens is 1. The molecular weight excluding hydrogens is 408 g/mol. The van der Waals surface area contributed by atoms with E-state index in [1.54, 1.807) is 14.2 Å². The summed E-state index contributed by atoms with van der Waals surface area (Å²) in [6.45, 7) is 0. The number of anilines is 2. The van der Waals surface area contributed by atoms with Gasteiger partial charge in [0, 0.05) is 22.8 Å². The number of ether oxygens (including phenoxy) is 2. The van der Waals surface area contributed by atoms with E-state index >= 15 is 0 Å². The van der Waals surface area contributed by atoms with Gasteiger partial charge in [-0.25, -0.2) is 0 Å². The summed E-state index contributed by atoms with van der Waals surface area (Å²) < 4.78 is 10.7. The lowest BCUT2D eigenvalue weighted by atomic mass is 9.92. The monoisotopic (exact) mass is 436 g/mol. The van der Waals surface area contributed by atoms with Gasteiger partial charge in [0.25, 0.3) is 0 Å². The van der Waals surface area contributed by atoms with Crippen LogP contribution in [-0.2, 0) is 12.8 Å². The van der Waals surface area contributed by atoms with E-state index in [-0.39, 0.29) is 0 Å². The molecule has 4 aromatic rings. The quantitative estimate of drug-likeness (QED) is 0.329. The van der Waals surface area contributed by atoms with Gasteiger partial charge >= 0.3 is 0 Å². The zero-order chi connectivity index (χ0) is 22.6. The van der Waals surface area contributed by atoms with E-state index in [0.717, 1.165) is 46.7 Å². The Morgan fingerprint density at radius 1 is 0.788 bits per heavy atom. The second kappa shape index (κ2) is 9.37. The summed E-state index contributed by atoms with van der Waals surface area (Å²) in [7, 11) is 3.33. The van der Waals surface area contributed by atoms with Crippen LogP contribution in [0.3, 0.4) is 0 Å². The number of hydrogen-bond donors (Lipinski definition) is 1. The van der Waals surface area contributed by atoms with Crippen molar-refractivity contribution in [3.05, 3.63) is 89.1 Å². The Bertz CT molecular complexity index is 1290. The molecule has 0 amide bonds. The summed E-state index contributed by atoms with van der Waals surface area (Å²) in [6, 6.07) is 22.8. The third-order valence-corrected chi connectivity index (χ3v) is 6.19. The Labute approximate surface area is 194 Å². The molecular formula is C29H28N2O2. The number of methoxy groups -OCH3 is 2. The molecule has 0 spiro atoms. The highest BCUT2D eigenvalue weighted by Crippen LogP contribution is 2.35. The Balaban J connectivity index is 1.40. The third kappa shape index (κ3) is 4.56. The number of rotatable bonds is 6. The molecule has 4 heteroatoms. The molecule has 4 nitrogen and oxygen atoms in total. The van der Waals surface area contributed by atoms with Gasteiger partial charge in [-0.15, -0.1) is 0 Å². The summed E-state index contributed by atoms with van der Waals surface area (Å²) >= 11 is 0. The predicted molar refractivity (Wildman–Crippen MR) is 137 cm³/mol. The van der Waals surface area contributed by atoms with Crippen molar-refractivity contribution < 1.29 is 9.47 Å². The van der Waals surface area contributed by atoms with E-state index in [9.17, 15) is 0 Å². The predicted octanol–water partition coefficient (Wildman–Crippen LogP) is 7.04. The van der Waals surface area contributed by atoms with E-state index in [2.05, 4.69) is 66.0 Å². The summed E-state index contributed by atoms with van der Waals surface area (Å²) in [5, 5.41) is 4.90. The van der Waals surface area contributed by atoms with Crippen LogP contribution in [0.15, 0.2) is 66.7 Å². The number of para-hydroxylation sites is 1. The number of pyridine rings is 1. The molecule has 0 aliphatic heterocycles. The van der Waals surface area contributed by atoms with Gasteiger partial charge in [0.2, 0.25) is 0 Å². The average molecular weight is 437 g/mol. The lowest BCUT2D eigenvalue weighted by molar-refractivity contribution is 0.394. The minimum Gasteiger partial charge on any atom is -0.497 e. The molecule has 5 rings (SSSR count). The SMILES string of the molecule is COc1cc(/C=C/c2ccc(Nc3c4c(nc5ccccc35)CCCC4)cc2)cc(OC)c1. The average Bonchev–Trinajstić information content (AvgIpc) is 2.87. The van der Waals surface area contributed by atoms with E-state index in [1.807, 2.05) is 18.2 Å². The highest BCUT2D eigenvalue weighted by atomic mass is 16.5. The third-order valence-electron chi connectivity index (χ3n) is 6.19. The number of fused-ring (bicyclic) bond motifs is 2. The first-order valence-corrected chi connectivity index (χ1v) is 11.4. The molecule has 1 heterocycles. The molecule has 1 N–H and O–H groups in total. The number of hydrogen-bond acceptors (Lipinski definition) is 4. The topological polar surface area (TPSA) is 43.4 Å². The second-order valence-corrected chi connectivity index (χ2v) is 8.36. The van der Waals surface area contributed by atoms with E-state index in [1.165, 1.54) is 35.2 Å². The van der Waals surface area contributed by atoms with Crippen molar-refractivity contribution >= 4 is 34.4 Å². The van der Waals surface area contributed by atoms with Crippen molar-refractivity contribution in [1.82, 2.24) is 4.98 Å². The Morgan fingerprint density at radius 2 is 1.48 bits per heavy atom. The minimum atomic E-state index is 0.779. The van der Waals surface area contributed by atoms with Gasteiger partial charge < -0.3 is 14.8 Å². The summed E-state index contributed by atoms with van der Waals surface area (Å²) in [5.74, 6) is 1.56. The van der Waals surface area contributed by atoms with Crippen LogP contribution >= 0.6 is 0 Å². The highest BCUT2D eigenvalue weighted by molar-refractivity contribution is 5.95. The van der Waals surface area contributed by atoms with Gasteiger partial charge in [-0.3, -0.25) is 4.98 Å². The van der Waals surface area contributed by atoms with Gasteiger partial charge in [0.05, 0.1) is 25.4 Å². The Morgan fingerprint density at radius 3 is 2.24 bits per heavy atom. The van der Waals surface area contributed by atoms with E-state index in [4.69, 9.17) is 14.5 Å². The molecule has 1 aromatic heterocycles. The zero-order valence-corrected chi connectivity index (χ0v) is 19.1. The standard InChI is InChI=1S/C29H28N2O2/c1-32-23-17-21(18-24(19-23)33-2)12-11-20-13-15-22(16-14-20)30-29-25-7-3-5-9-27(25)31-28-10-6-4-8-26(28)29/h3,5,7,9,11-19H,4,6,8,10H2,1-2H3,(H,30,31)/b12-11+. The van der Waals surface area contributed by atoms with Crippen molar-refractivity contribution in [3.63, 3.8) is 0 Å². The van der Waals surface area contributed by atoms with Gasteiger partial charge in [0.15, 0.2) is 0 Å². The van der Waals surface area contributed by atoms with E-state index in [0.29, 0.717) is 0 Å². The van der Waals surface area contributed by atoms with E-state index < -0.39 is 0 Å². The minimum absolute atomic E-state index is 0.779. The van der Waals surface area contributed by atoms with Crippen LogP contribution in [0.5, 0.6) is 11.5 Å². The lowest BCUT2D eigenvalue weighted by Crippen LogP contribution is -2.09. The fraction of sp³-hybridized carbons (Fsp3) is 0.207. The lowest BCUT2D eigenvalue weighted by Gasteiger charge is -2.21. The second-order valence-electron chi connectivity index (χ2n) is 8.36. The largest absolute Gasteiger partial charge is 0.497 e. The van der Waals surface area contributed by atoms with Crippen LogP contribution in [0, 0.1) is 0 Å². The molecule has 0 fully saturated rings. The fourth-order valence-corrected chi connectivity index (χ4v) is 4.46. The normalized spacial score (nSPS) is 13.2. The first-order valence-electron chi connectivity index (χ1n) is 11.4. The maximum absolute atomic E-state index is 5.37. The first kappa shape index (κ1) is 21.1. The van der Waals surface area contributed by atoms with Crippen LogP contribution in [0.4, 0.5) is 11.4 Å². The van der Waals surface area contributed by atoms with Crippen LogP contribution in [0.1, 0.15) is 35.2 Å². The Kier molecular flexibility index (Phi) is 5.99. The molecule has 1 aliphatic rings. The van der Waals surface area contributed by atoms with Crippen LogP contribution in [0.2, 0.25) is 0 Å². The molecule has 0 bridgehead atoms. The van der Waals surface area contributed by atoms with Gasteiger partial charge in [-0.1, -0.05) is 42.5 Å². The molecule has 166 valence electrons. The van der Waals surface area contributed by atoms with Crippen molar-refractivity contribution in [1.29, 1.82) is 0 Å². The smallest absolute Gasteiger partial charge is 0.123 e. The van der Waals surface area contributed by atoms with Gasteiger partial charge in [0.1, 0.15) is 11.5 Å². The number of benzene rings is 3. The molecule has 0 saturated carbocycles. The maximum Gasteiger partial charge on any atom is 0.123 e. The number of aryl methyl sites for hydroxylation is 1. The molecule has 33 heavy (non-hydrogen) atoms. The fourth-order valence-electron chi connectivity index (χ4n) is 4.46. The molecule has 1 aliphatic carbocycles. The van der Waals surface area contributed by atoms with Crippen molar-refractivity contribution in [3.8, 4) is 11.5 Å². The number of nitrogens with zero attached hydrogens (tertiary/aromatic N) is 1. The molecule has 0 atom stereocenters. The van der Waals surface area contributed by atoms with Crippen molar-refractivity contribution in [2.75, 3.05) is 19.5 Å². The van der Waals surface area contributed by atoms with Crippen LogP contribution in [-0.4, -0.2) is 19.2 Å². The highest BCUT2D eigenvalue weighted by Gasteiger charge is 2.18. The molecule has 0 unspecified atom stereocenters. The maximum atomic E-state index is 5.37. The summed E-state index contributed by atoms with van der Waals surface area (Å²) in [4.78, 5) is 4.94. The Hall–Kier alpha value is -3.79. The summed E-state index contributed by atoms with van der Waals surface area (Å²) in [6.07, 6.45) is 8.76. The van der Waals surface area contributed by atoms with Crippen molar-refractivity contribution in [2.45, 2.75) is 25.7 Å². The van der Waals surface area contributed by atoms with Gasteiger partial charge in [-0.2, -0.15) is 0 Å². The summed E-state index contributed by atoms with van der Waals surface area (Å²) in [5.41, 5.74) is 8.13. The van der Waals surface area contributed by atoms with Crippen LogP contribution in [0.25, 0.3) is 23.1 Å². The molecule has 0 radical (unpaired) electrons.